The van der Waals surface area contributed by atoms with E-state index in [9.17, 15) is 18.0 Å². The van der Waals surface area contributed by atoms with Crippen molar-refractivity contribution in [2.75, 3.05) is 19.6 Å². The topological polar surface area (TPSA) is 41.1 Å². The molecule has 23 heavy (non-hydrogen) atoms. The third-order valence-electron chi connectivity index (χ3n) is 5.14. The lowest BCUT2D eigenvalue weighted by Gasteiger charge is -2.30. The summed E-state index contributed by atoms with van der Waals surface area (Å²) in [5.74, 6) is -0.244. The van der Waals surface area contributed by atoms with E-state index in [-0.39, 0.29) is 37.1 Å². The Labute approximate surface area is 142 Å². The maximum atomic E-state index is 12.6. The van der Waals surface area contributed by atoms with Crippen LogP contribution >= 0.6 is 12.4 Å². The molecule has 2 fully saturated rings. The van der Waals surface area contributed by atoms with E-state index in [1.54, 1.807) is 0 Å². The second-order valence-corrected chi connectivity index (χ2v) is 6.80. The van der Waals surface area contributed by atoms with Crippen LogP contribution in [0.25, 0.3) is 0 Å². The van der Waals surface area contributed by atoms with Crippen LogP contribution in [0.2, 0.25) is 0 Å². The SMILES string of the molecule is Cl.O=C(CCC1CCNCC1)NCC1CCC(C(F)(F)F)CC1. The van der Waals surface area contributed by atoms with Gasteiger partial charge in [0.1, 0.15) is 0 Å². The lowest BCUT2D eigenvalue weighted by Crippen LogP contribution is -2.34. The molecule has 1 amide bonds. The van der Waals surface area contributed by atoms with Crippen LogP contribution < -0.4 is 10.6 Å². The van der Waals surface area contributed by atoms with Crippen molar-refractivity contribution in [1.29, 1.82) is 0 Å². The highest BCUT2D eigenvalue weighted by Gasteiger charge is 2.41. The van der Waals surface area contributed by atoms with Crippen molar-refractivity contribution >= 4 is 18.3 Å². The molecule has 0 aromatic rings. The summed E-state index contributed by atoms with van der Waals surface area (Å²) in [6.45, 7) is 2.61. The van der Waals surface area contributed by atoms with Crippen molar-refractivity contribution in [2.24, 2.45) is 17.8 Å². The van der Waals surface area contributed by atoms with Gasteiger partial charge in [0.05, 0.1) is 5.92 Å². The van der Waals surface area contributed by atoms with Crippen molar-refractivity contribution in [3.63, 3.8) is 0 Å². The molecule has 3 nitrogen and oxygen atoms in total. The minimum Gasteiger partial charge on any atom is -0.356 e. The Morgan fingerprint density at radius 1 is 1.00 bits per heavy atom. The molecule has 0 bridgehead atoms. The predicted molar refractivity (Wildman–Crippen MR) is 86.6 cm³/mol. The number of carbonyl (C=O) groups is 1. The maximum Gasteiger partial charge on any atom is 0.391 e. The first kappa shape index (κ1) is 20.6. The van der Waals surface area contributed by atoms with E-state index in [2.05, 4.69) is 10.6 Å². The van der Waals surface area contributed by atoms with Crippen molar-refractivity contribution in [3.8, 4) is 0 Å². The monoisotopic (exact) mass is 356 g/mol. The van der Waals surface area contributed by atoms with Crippen LogP contribution in [-0.4, -0.2) is 31.7 Å². The largest absolute Gasteiger partial charge is 0.391 e. The van der Waals surface area contributed by atoms with Gasteiger partial charge in [0.15, 0.2) is 0 Å². The van der Waals surface area contributed by atoms with Gasteiger partial charge in [-0.1, -0.05) is 0 Å². The summed E-state index contributed by atoms with van der Waals surface area (Å²) >= 11 is 0. The molecule has 1 aliphatic carbocycles. The molecule has 1 saturated carbocycles. The van der Waals surface area contributed by atoms with Crippen LogP contribution in [0.15, 0.2) is 0 Å². The Hall–Kier alpha value is -0.490. The van der Waals surface area contributed by atoms with E-state index in [1.807, 2.05) is 0 Å². The molecular formula is C16H28ClF3N2O. The average Bonchev–Trinajstić information content (AvgIpc) is 2.51. The predicted octanol–water partition coefficient (Wildman–Crippen LogP) is 3.67. The molecule has 1 heterocycles. The van der Waals surface area contributed by atoms with E-state index in [0.717, 1.165) is 32.4 Å². The van der Waals surface area contributed by atoms with Gasteiger partial charge >= 0.3 is 6.18 Å². The minimum absolute atomic E-state index is 0. The molecule has 2 aliphatic rings. The van der Waals surface area contributed by atoms with E-state index in [1.165, 1.54) is 0 Å². The molecule has 2 N–H and O–H groups in total. The first-order valence-corrected chi connectivity index (χ1v) is 8.49. The number of hydrogen-bond acceptors (Lipinski definition) is 2. The fraction of sp³-hybridized carbons (Fsp3) is 0.938. The summed E-state index contributed by atoms with van der Waals surface area (Å²) in [6, 6.07) is 0. The van der Waals surface area contributed by atoms with Crippen molar-refractivity contribution in [1.82, 2.24) is 10.6 Å². The molecular weight excluding hydrogens is 329 g/mol. The molecule has 0 radical (unpaired) electrons. The van der Waals surface area contributed by atoms with Gasteiger partial charge < -0.3 is 10.6 Å². The Morgan fingerprint density at radius 3 is 2.17 bits per heavy atom. The molecule has 0 unspecified atom stereocenters. The van der Waals surface area contributed by atoms with Gasteiger partial charge in [-0.25, -0.2) is 0 Å². The fourth-order valence-electron chi connectivity index (χ4n) is 3.55. The lowest BCUT2D eigenvalue weighted by molar-refractivity contribution is -0.183. The molecule has 0 spiro atoms. The summed E-state index contributed by atoms with van der Waals surface area (Å²) in [5, 5.41) is 6.21. The molecule has 0 aromatic carbocycles. The van der Waals surface area contributed by atoms with Gasteiger partial charge in [0, 0.05) is 13.0 Å². The molecule has 2 rings (SSSR count). The number of amides is 1. The number of carbonyl (C=O) groups excluding carboxylic acids is 1. The van der Waals surface area contributed by atoms with Gasteiger partial charge in [-0.2, -0.15) is 13.2 Å². The van der Waals surface area contributed by atoms with E-state index >= 15 is 0 Å². The normalized spacial score (nSPS) is 26.4. The standard InChI is InChI=1S/C16H27F3N2O.ClH/c17-16(18,19)14-4-1-13(2-5-14)11-21-15(22)6-3-12-7-9-20-10-8-12;/h12-14,20H,1-11H2,(H,21,22);1H. The third-order valence-corrected chi connectivity index (χ3v) is 5.14. The molecule has 136 valence electrons. The highest BCUT2D eigenvalue weighted by molar-refractivity contribution is 5.85. The lowest BCUT2D eigenvalue weighted by atomic mass is 9.81. The van der Waals surface area contributed by atoms with Gasteiger partial charge in [-0.15, -0.1) is 12.4 Å². The van der Waals surface area contributed by atoms with Crippen molar-refractivity contribution in [3.05, 3.63) is 0 Å². The highest BCUT2D eigenvalue weighted by Crippen LogP contribution is 2.39. The summed E-state index contributed by atoms with van der Waals surface area (Å²) in [7, 11) is 0. The zero-order valence-corrected chi connectivity index (χ0v) is 14.3. The number of halogens is 4. The smallest absolute Gasteiger partial charge is 0.356 e. The zero-order valence-electron chi connectivity index (χ0n) is 13.5. The number of rotatable bonds is 5. The number of alkyl halides is 3. The summed E-state index contributed by atoms with van der Waals surface area (Å²) in [4.78, 5) is 11.8. The number of nitrogens with one attached hydrogen (secondary N) is 2. The summed E-state index contributed by atoms with van der Waals surface area (Å²) < 4.78 is 37.8. The Kier molecular flexibility index (Phi) is 8.69. The van der Waals surface area contributed by atoms with Crippen LogP contribution in [-0.2, 0) is 4.79 Å². The first-order valence-electron chi connectivity index (χ1n) is 8.49. The van der Waals surface area contributed by atoms with Crippen LogP contribution in [0.3, 0.4) is 0 Å². The quantitative estimate of drug-likeness (QED) is 0.789. The van der Waals surface area contributed by atoms with Gasteiger partial charge in [0.2, 0.25) is 5.91 Å². The van der Waals surface area contributed by atoms with Gasteiger partial charge in [-0.3, -0.25) is 4.79 Å². The highest BCUT2D eigenvalue weighted by atomic mass is 35.5. The Bertz CT molecular complexity index is 352. The fourth-order valence-corrected chi connectivity index (χ4v) is 3.55. The number of hydrogen-bond donors (Lipinski definition) is 2. The van der Waals surface area contributed by atoms with Gasteiger partial charge in [0.25, 0.3) is 0 Å². The first-order chi connectivity index (χ1) is 10.4. The van der Waals surface area contributed by atoms with Crippen LogP contribution in [0, 0.1) is 17.8 Å². The summed E-state index contributed by atoms with van der Waals surface area (Å²) in [5.41, 5.74) is 0. The molecule has 7 heteroatoms. The summed E-state index contributed by atoms with van der Waals surface area (Å²) in [6.07, 6.45) is 1.24. The van der Waals surface area contributed by atoms with Crippen LogP contribution in [0.5, 0.6) is 0 Å². The van der Waals surface area contributed by atoms with E-state index < -0.39 is 12.1 Å². The maximum absolute atomic E-state index is 12.6. The average molecular weight is 357 g/mol. The Morgan fingerprint density at radius 2 is 1.61 bits per heavy atom. The van der Waals surface area contributed by atoms with Crippen molar-refractivity contribution in [2.45, 2.75) is 57.5 Å². The molecule has 1 aliphatic heterocycles. The molecule has 1 saturated heterocycles. The van der Waals surface area contributed by atoms with E-state index in [0.29, 0.717) is 31.7 Å². The minimum atomic E-state index is -4.05. The second kappa shape index (κ2) is 9.72. The second-order valence-electron chi connectivity index (χ2n) is 6.80. The number of piperidine rings is 1. The van der Waals surface area contributed by atoms with E-state index in [4.69, 9.17) is 0 Å². The van der Waals surface area contributed by atoms with Crippen LogP contribution in [0.1, 0.15) is 51.4 Å². The van der Waals surface area contributed by atoms with Crippen molar-refractivity contribution < 1.29 is 18.0 Å². The van der Waals surface area contributed by atoms with Gasteiger partial charge in [-0.05, 0) is 69.9 Å². The third kappa shape index (κ3) is 7.29. The molecule has 0 aromatic heterocycles. The molecule has 0 atom stereocenters. The Balaban J connectivity index is 0.00000264. The van der Waals surface area contributed by atoms with Crippen LogP contribution in [0.4, 0.5) is 13.2 Å². The zero-order chi connectivity index (χ0) is 16.0.